The summed E-state index contributed by atoms with van der Waals surface area (Å²) in [6.07, 6.45) is 4.37. The molecule has 0 saturated heterocycles. The fourth-order valence-corrected chi connectivity index (χ4v) is 2.96. The van der Waals surface area contributed by atoms with Crippen LogP contribution in [-0.4, -0.2) is 36.6 Å². The van der Waals surface area contributed by atoms with Crippen molar-refractivity contribution in [3.8, 4) is 17.1 Å². The Hall–Kier alpha value is -2.67. The average molecular weight is 340 g/mol. The van der Waals surface area contributed by atoms with Crippen LogP contribution in [0.1, 0.15) is 12.5 Å². The number of thioether (sulfide) groups is 1. The Bertz CT molecular complexity index is 832. The van der Waals surface area contributed by atoms with Crippen LogP contribution in [0.4, 0.5) is 0 Å². The van der Waals surface area contributed by atoms with Gasteiger partial charge in [0.15, 0.2) is 11.0 Å². The Balaban J connectivity index is 2.08. The first-order chi connectivity index (χ1) is 11.7. The summed E-state index contributed by atoms with van der Waals surface area (Å²) in [7, 11) is 0. The third-order valence-corrected chi connectivity index (χ3v) is 4.39. The fraction of sp³-hybridized carbons (Fsp3) is 0.176. The predicted molar refractivity (Wildman–Crippen MR) is 92.3 cm³/mol. The first kappa shape index (κ1) is 16.2. The van der Waals surface area contributed by atoms with E-state index < -0.39 is 5.97 Å². The highest BCUT2D eigenvalue weighted by atomic mass is 32.2. The highest BCUT2D eigenvalue weighted by Gasteiger charge is 2.17. The zero-order valence-electron chi connectivity index (χ0n) is 13.1. The molecule has 2 heterocycles. The van der Waals surface area contributed by atoms with Gasteiger partial charge in [0.2, 0.25) is 0 Å². The molecule has 0 unspecified atom stereocenters. The number of pyridine rings is 1. The van der Waals surface area contributed by atoms with Crippen molar-refractivity contribution < 1.29 is 9.90 Å². The van der Waals surface area contributed by atoms with Gasteiger partial charge in [-0.3, -0.25) is 14.3 Å². The molecule has 3 aromatic rings. The molecule has 0 aliphatic rings. The zero-order valence-corrected chi connectivity index (χ0v) is 13.9. The Labute approximate surface area is 143 Å². The largest absolute Gasteiger partial charge is 0.481 e. The van der Waals surface area contributed by atoms with Gasteiger partial charge in [0.05, 0.1) is 5.75 Å². The number of aryl methyl sites for hydroxylation is 1. The van der Waals surface area contributed by atoms with E-state index in [2.05, 4.69) is 22.1 Å². The normalized spacial score (nSPS) is 10.7. The van der Waals surface area contributed by atoms with Crippen molar-refractivity contribution in [1.82, 2.24) is 19.7 Å². The first-order valence-electron chi connectivity index (χ1n) is 7.48. The molecule has 0 aliphatic heterocycles. The van der Waals surface area contributed by atoms with Crippen molar-refractivity contribution in [3.63, 3.8) is 0 Å². The lowest BCUT2D eigenvalue weighted by atomic mass is 10.1. The van der Waals surface area contributed by atoms with Gasteiger partial charge in [0.25, 0.3) is 0 Å². The molecule has 7 heteroatoms. The van der Waals surface area contributed by atoms with Crippen LogP contribution in [0, 0.1) is 0 Å². The SMILES string of the molecule is CCc1ccc(-n2c(SCC(=O)O)nnc2-c2cccnc2)cc1. The molecule has 0 spiro atoms. The van der Waals surface area contributed by atoms with E-state index in [1.54, 1.807) is 12.4 Å². The number of aliphatic carboxylic acids is 1. The Kier molecular flexibility index (Phi) is 4.90. The quantitative estimate of drug-likeness (QED) is 0.695. The summed E-state index contributed by atoms with van der Waals surface area (Å²) >= 11 is 1.14. The van der Waals surface area contributed by atoms with E-state index >= 15 is 0 Å². The average Bonchev–Trinajstić information content (AvgIpc) is 3.04. The molecule has 0 bridgehead atoms. The predicted octanol–water partition coefficient (Wildman–Crippen LogP) is 3.07. The summed E-state index contributed by atoms with van der Waals surface area (Å²) in [5, 5.41) is 17.9. The van der Waals surface area contributed by atoms with E-state index in [-0.39, 0.29) is 5.75 Å². The van der Waals surface area contributed by atoms with Crippen molar-refractivity contribution in [2.24, 2.45) is 0 Å². The Morgan fingerprint density at radius 1 is 1.21 bits per heavy atom. The van der Waals surface area contributed by atoms with Crippen LogP contribution in [0.25, 0.3) is 17.1 Å². The summed E-state index contributed by atoms with van der Waals surface area (Å²) in [5.74, 6) is -0.322. The summed E-state index contributed by atoms with van der Waals surface area (Å²) in [4.78, 5) is 15.0. The van der Waals surface area contributed by atoms with Gasteiger partial charge >= 0.3 is 5.97 Å². The van der Waals surface area contributed by atoms with Crippen molar-refractivity contribution in [1.29, 1.82) is 0 Å². The minimum atomic E-state index is -0.890. The molecule has 1 aromatic carbocycles. The zero-order chi connectivity index (χ0) is 16.9. The molecule has 1 N–H and O–H groups in total. The number of aromatic nitrogens is 4. The molecule has 0 aliphatic carbocycles. The van der Waals surface area contributed by atoms with Crippen LogP contribution in [0.5, 0.6) is 0 Å². The molecule has 0 fully saturated rings. The standard InChI is InChI=1S/C17H16N4O2S/c1-2-12-5-7-14(8-6-12)21-16(13-4-3-9-18-10-13)19-20-17(21)24-11-15(22)23/h3-10H,2,11H2,1H3,(H,22,23). The summed E-state index contributed by atoms with van der Waals surface area (Å²) in [6.45, 7) is 2.10. The Morgan fingerprint density at radius 2 is 2.00 bits per heavy atom. The third kappa shape index (κ3) is 3.46. The van der Waals surface area contributed by atoms with E-state index in [1.165, 1.54) is 5.56 Å². The van der Waals surface area contributed by atoms with Crippen molar-refractivity contribution in [2.45, 2.75) is 18.5 Å². The van der Waals surface area contributed by atoms with Crippen LogP contribution < -0.4 is 0 Å². The molecular formula is C17H16N4O2S. The molecule has 3 rings (SSSR count). The maximum absolute atomic E-state index is 10.9. The number of nitrogens with zero attached hydrogens (tertiary/aromatic N) is 4. The van der Waals surface area contributed by atoms with Gasteiger partial charge < -0.3 is 5.11 Å². The van der Waals surface area contributed by atoms with Gasteiger partial charge in [-0.25, -0.2) is 0 Å². The van der Waals surface area contributed by atoms with Gasteiger partial charge in [0.1, 0.15) is 0 Å². The number of hydrogen-bond acceptors (Lipinski definition) is 5. The lowest BCUT2D eigenvalue weighted by molar-refractivity contribution is -0.133. The van der Waals surface area contributed by atoms with Gasteiger partial charge in [-0.05, 0) is 36.2 Å². The maximum Gasteiger partial charge on any atom is 0.313 e. The fourth-order valence-electron chi connectivity index (χ4n) is 2.29. The molecular weight excluding hydrogens is 324 g/mol. The van der Waals surface area contributed by atoms with E-state index in [9.17, 15) is 4.79 Å². The van der Waals surface area contributed by atoms with Gasteiger partial charge in [0, 0.05) is 23.6 Å². The van der Waals surface area contributed by atoms with E-state index in [0.29, 0.717) is 11.0 Å². The van der Waals surface area contributed by atoms with Crippen LogP contribution in [0.2, 0.25) is 0 Å². The summed E-state index contributed by atoms with van der Waals surface area (Å²) in [5.41, 5.74) is 2.95. The minimum Gasteiger partial charge on any atom is -0.481 e. The monoisotopic (exact) mass is 340 g/mol. The number of hydrogen-bond donors (Lipinski definition) is 1. The summed E-state index contributed by atoms with van der Waals surface area (Å²) < 4.78 is 1.87. The lowest BCUT2D eigenvalue weighted by Crippen LogP contribution is -2.03. The van der Waals surface area contributed by atoms with Gasteiger partial charge in [-0.15, -0.1) is 10.2 Å². The molecule has 0 saturated carbocycles. The maximum atomic E-state index is 10.9. The number of carboxylic acid groups (broad SMARTS) is 1. The Morgan fingerprint density at radius 3 is 2.62 bits per heavy atom. The molecule has 0 atom stereocenters. The molecule has 122 valence electrons. The minimum absolute atomic E-state index is 0.0712. The second kappa shape index (κ2) is 7.27. The summed E-state index contributed by atoms with van der Waals surface area (Å²) in [6, 6.07) is 11.8. The smallest absolute Gasteiger partial charge is 0.313 e. The molecule has 24 heavy (non-hydrogen) atoms. The number of rotatable bonds is 6. The highest BCUT2D eigenvalue weighted by Crippen LogP contribution is 2.27. The lowest BCUT2D eigenvalue weighted by Gasteiger charge is -2.10. The van der Waals surface area contributed by atoms with Gasteiger partial charge in [-0.2, -0.15) is 0 Å². The van der Waals surface area contributed by atoms with Crippen LogP contribution in [0.15, 0.2) is 53.9 Å². The second-order valence-electron chi connectivity index (χ2n) is 5.09. The molecule has 2 aromatic heterocycles. The van der Waals surface area contributed by atoms with Crippen LogP contribution in [-0.2, 0) is 11.2 Å². The van der Waals surface area contributed by atoms with Gasteiger partial charge in [-0.1, -0.05) is 30.8 Å². The number of carbonyl (C=O) groups is 1. The second-order valence-corrected chi connectivity index (χ2v) is 6.03. The molecule has 6 nitrogen and oxygen atoms in total. The molecule has 0 radical (unpaired) electrons. The molecule has 0 amide bonds. The van der Waals surface area contributed by atoms with Crippen molar-refractivity contribution in [3.05, 3.63) is 54.4 Å². The van der Waals surface area contributed by atoms with Crippen molar-refractivity contribution in [2.75, 3.05) is 5.75 Å². The number of benzene rings is 1. The van der Waals surface area contributed by atoms with Crippen LogP contribution in [0.3, 0.4) is 0 Å². The highest BCUT2D eigenvalue weighted by molar-refractivity contribution is 7.99. The van der Waals surface area contributed by atoms with Crippen molar-refractivity contribution >= 4 is 17.7 Å². The third-order valence-electron chi connectivity index (χ3n) is 3.48. The van der Waals surface area contributed by atoms with E-state index in [1.807, 2.05) is 41.0 Å². The van der Waals surface area contributed by atoms with Crippen LogP contribution >= 0.6 is 11.8 Å². The topological polar surface area (TPSA) is 80.9 Å². The van der Waals surface area contributed by atoms with E-state index in [4.69, 9.17) is 5.11 Å². The van der Waals surface area contributed by atoms with E-state index in [0.717, 1.165) is 29.4 Å². The first-order valence-corrected chi connectivity index (χ1v) is 8.47. The number of carboxylic acids is 1.